The van der Waals surface area contributed by atoms with Crippen molar-refractivity contribution in [2.24, 2.45) is 11.8 Å². The summed E-state index contributed by atoms with van der Waals surface area (Å²) in [5.41, 5.74) is 3.28. The summed E-state index contributed by atoms with van der Waals surface area (Å²) in [6.07, 6.45) is -1.07. The zero-order valence-electron chi connectivity index (χ0n) is 20.0. The highest BCUT2D eigenvalue weighted by molar-refractivity contribution is 5.82. The van der Waals surface area contributed by atoms with Crippen molar-refractivity contribution in [3.8, 4) is 0 Å². The van der Waals surface area contributed by atoms with Gasteiger partial charge in [0.15, 0.2) is 0 Å². The van der Waals surface area contributed by atoms with Crippen LogP contribution in [-0.4, -0.2) is 36.8 Å². The van der Waals surface area contributed by atoms with Gasteiger partial charge in [-0.3, -0.25) is 4.79 Å². The van der Waals surface area contributed by atoms with Gasteiger partial charge in [-0.2, -0.15) is 0 Å². The monoisotopic (exact) mass is 472 g/mol. The van der Waals surface area contributed by atoms with Crippen LogP contribution in [-0.2, 0) is 43.6 Å². The number of ketones is 1. The van der Waals surface area contributed by atoms with Crippen molar-refractivity contribution in [2.75, 3.05) is 6.61 Å². The fourth-order valence-electron chi connectivity index (χ4n) is 5.03. The summed E-state index contributed by atoms with van der Waals surface area (Å²) in [4.78, 5) is 12.4. The maximum absolute atomic E-state index is 12.4. The molecule has 5 nitrogen and oxygen atoms in total. The van der Waals surface area contributed by atoms with E-state index in [2.05, 4.69) is 0 Å². The molecule has 6 atom stereocenters. The lowest BCUT2D eigenvalue weighted by molar-refractivity contribution is -0.201. The summed E-state index contributed by atoms with van der Waals surface area (Å²) in [6, 6.07) is 30.3. The van der Waals surface area contributed by atoms with Crippen molar-refractivity contribution in [1.29, 1.82) is 0 Å². The molecular formula is C30H32O5. The first-order chi connectivity index (χ1) is 17.2. The second kappa shape index (κ2) is 11.3. The molecule has 35 heavy (non-hydrogen) atoms. The summed E-state index contributed by atoms with van der Waals surface area (Å²) >= 11 is 0. The number of ether oxygens (including phenoxy) is 4. The first-order valence-corrected chi connectivity index (χ1v) is 12.3. The van der Waals surface area contributed by atoms with Gasteiger partial charge in [0.1, 0.15) is 18.0 Å². The van der Waals surface area contributed by atoms with E-state index in [4.69, 9.17) is 18.9 Å². The van der Waals surface area contributed by atoms with Crippen LogP contribution in [0.3, 0.4) is 0 Å². The number of carbonyl (C=O) groups excluding carboxylic acids is 1. The zero-order valence-corrected chi connectivity index (χ0v) is 20.0. The van der Waals surface area contributed by atoms with Gasteiger partial charge < -0.3 is 18.9 Å². The minimum absolute atomic E-state index is 0.00218. The van der Waals surface area contributed by atoms with Crippen molar-refractivity contribution in [3.05, 3.63) is 108 Å². The Balaban J connectivity index is 1.33. The Bertz CT molecular complexity index is 1070. The normalized spacial score (nSPS) is 27.2. The summed E-state index contributed by atoms with van der Waals surface area (Å²) in [7, 11) is 0. The average molecular weight is 473 g/mol. The van der Waals surface area contributed by atoms with Gasteiger partial charge in [0.05, 0.1) is 44.6 Å². The summed E-state index contributed by atoms with van der Waals surface area (Å²) in [5.74, 6) is -0.0129. The van der Waals surface area contributed by atoms with E-state index in [0.717, 1.165) is 16.7 Å². The third-order valence-electron chi connectivity index (χ3n) is 6.84. The lowest BCUT2D eigenvalue weighted by Crippen LogP contribution is -2.50. The third-order valence-corrected chi connectivity index (χ3v) is 6.84. The van der Waals surface area contributed by atoms with E-state index in [1.807, 2.05) is 91.0 Å². The first-order valence-electron chi connectivity index (χ1n) is 12.3. The van der Waals surface area contributed by atoms with Crippen LogP contribution in [0.25, 0.3) is 0 Å². The molecule has 3 aromatic rings. The summed E-state index contributed by atoms with van der Waals surface area (Å²) in [6.45, 7) is 3.40. The van der Waals surface area contributed by atoms with Crippen LogP contribution in [0.1, 0.15) is 23.6 Å². The Labute approximate surface area is 207 Å². The molecule has 182 valence electrons. The maximum atomic E-state index is 12.4. The molecule has 1 aliphatic carbocycles. The minimum Gasteiger partial charge on any atom is -0.374 e. The maximum Gasteiger partial charge on any atom is 0.135 e. The van der Waals surface area contributed by atoms with Gasteiger partial charge in [-0.25, -0.2) is 0 Å². The predicted molar refractivity (Wildman–Crippen MR) is 132 cm³/mol. The number of fused-ring (bicyclic) bond motifs is 1. The van der Waals surface area contributed by atoms with Gasteiger partial charge in [-0.15, -0.1) is 0 Å². The Morgan fingerprint density at radius 3 is 1.71 bits per heavy atom. The second-order valence-electron chi connectivity index (χ2n) is 9.38. The van der Waals surface area contributed by atoms with Crippen molar-refractivity contribution >= 4 is 5.78 Å². The van der Waals surface area contributed by atoms with Crippen LogP contribution in [0.5, 0.6) is 0 Å². The smallest absolute Gasteiger partial charge is 0.135 e. The van der Waals surface area contributed by atoms with Crippen molar-refractivity contribution < 1.29 is 23.7 Å². The van der Waals surface area contributed by atoms with Gasteiger partial charge >= 0.3 is 0 Å². The molecule has 1 aliphatic heterocycles. The van der Waals surface area contributed by atoms with Crippen LogP contribution in [0.4, 0.5) is 0 Å². The molecule has 1 saturated carbocycles. The number of rotatable bonds is 11. The molecule has 0 bridgehead atoms. The summed E-state index contributed by atoms with van der Waals surface area (Å²) in [5, 5.41) is 0. The average Bonchev–Trinajstić information content (AvgIpc) is 3.62. The highest BCUT2D eigenvalue weighted by Crippen LogP contribution is 2.52. The number of carbonyl (C=O) groups is 1. The lowest BCUT2D eigenvalue weighted by atomic mass is 9.99. The van der Waals surface area contributed by atoms with Crippen LogP contribution < -0.4 is 0 Å². The van der Waals surface area contributed by atoms with Crippen molar-refractivity contribution in [1.82, 2.24) is 0 Å². The predicted octanol–water partition coefficient (Wildman–Crippen LogP) is 4.98. The number of hydrogen-bond donors (Lipinski definition) is 0. The molecule has 1 heterocycles. The van der Waals surface area contributed by atoms with Gasteiger partial charge in [-0.1, -0.05) is 91.0 Å². The number of benzene rings is 3. The second-order valence-corrected chi connectivity index (χ2v) is 9.38. The molecule has 0 amide bonds. The first kappa shape index (κ1) is 23.9. The Morgan fingerprint density at radius 2 is 1.20 bits per heavy atom. The third kappa shape index (κ3) is 5.88. The molecule has 0 aromatic heterocycles. The molecular weight excluding hydrogens is 440 g/mol. The molecule has 0 unspecified atom stereocenters. The van der Waals surface area contributed by atoms with E-state index in [-0.39, 0.29) is 42.0 Å². The fraction of sp³-hybridized carbons (Fsp3) is 0.367. The highest BCUT2D eigenvalue weighted by atomic mass is 16.6. The van der Waals surface area contributed by atoms with E-state index >= 15 is 0 Å². The lowest BCUT2D eigenvalue weighted by Gasteiger charge is -2.37. The quantitative estimate of drug-likeness (QED) is 0.394. The Kier molecular flexibility index (Phi) is 7.69. The molecule has 2 aliphatic rings. The topological polar surface area (TPSA) is 54.0 Å². The zero-order chi connectivity index (χ0) is 24.0. The minimum atomic E-state index is -0.347. The molecule has 0 radical (unpaired) electrons. The molecule has 3 aromatic carbocycles. The van der Waals surface area contributed by atoms with Crippen LogP contribution >= 0.6 is 0 Å². The molecule has 5 rings (SSSR count). The fourth-order valence-corrected chi connectivity index (χ4v) is 5.03. The summed E-state index contributed by atoms with van der Waals surface area (Å²) < 4.78 is 25.4. The van der Waals surface area contributed by atoms with Crippen molar-refractivity contribution in [3.63, 3.8) is 0 Å². The van der Waals surface area contributed by atoms with E-state index in [0.29, 0.717) is 26.4 Å². The van der Waals surface area contributed by atoms with Crippen molar-refractivity contribution in [2.45, 2.75) is 51.2 Å². The van der Waals surface area contributed by atoms with E-state index in [9.17, 15) is 4.79 Å². The van der Waals surface area contributed by atoms with E-state index < -0.39 is 0 Å². The van der Waals surface area contributed by atoms with Gasteiger partial charge in [-0.05, 0) is 23.6 Å². The highest BCUT2D eigenvalue weighted by Gasteiger charge is 2.65. The molecule has 0 N–H and O–H groups in total. The Hall–Kier alpha value is -2.83. The largest absolute Gasteiger partial charge is 0.374 e. The van der Waals surface area contributed by atoms with Gasteiger partial charge in [0.2, 0.25) is 0 Å². The standard InChI is InChI=1S/C30H32O5/c1-21(31)26-27-29(26)35-25(20-32-17-22-11-5-2-6-12-22)28(33-18-23-13-7-3-8-14-23)30(27)34-19-24-15-9-4-10-16-24/h2-16,25-30H,17-20H2,1H3/t25-,26+,27-,28+,29-,30-/m1/s1. The molecule has 0 spiro atoms. The molecule has 5 heteroatoms. The van der Waals surface area contributed by atoms with E-state index in [1.165, 1.54) is 0 Å². The number of hydrogen-bond acceptors (Lipinski definition) is 5. The van der Waals surface area contributed by atoms with Crippen LogP contribution in [0.15, 0.2) is 91.0 Å². The van der Waals surface area contributed by atoms with Crippen LogP contribution in [0.2, 0.25) is 0 Å². The van der Waals surface area contributed by atoms with Crippen LogP contribution in [0, 0.1) is 11.8 Å². The van der Waals surface area contributed by atoms with Gasteiger partial charge in [0.25, 0.3) is 0 Å². The molecule has 1 saturated heterocycles. The molecule has 2 fully saturated rings. The number of Topliss-reactive ketones (excluding diaryl/α,β-unsaturated/α-hetero) is 1. The SMILES string of the molecule is CC(=O)[C@@H]1[C@H]2O[C@H](COCc3ccccc3)[C@H](OCc3ccccc3)[C@H](OCc3ccccc3)[C@@H]21. The Morgan fingerprint density at radius 1 is 0.714 bits per heavy atom. The van der Waals surface area contributed by atoms with E-state index in [1.54, 1.807) is 6.92 Å². The van der Waals surface area contributed by atoms with Gasteiger partial charge in [0, 0.05) is 5.92 Å².